The quantitative estimate of drug-likeness (QED) is 0.657. The van der Waals surface area contributed by atoms with Crippen molar-refractivity contribution in [1.29, 1.82) is 0 Å². The lowest BCUT2D eigenvalue weighted by Crippen LogP contribution is -2.25. The first-order valence-corrected chi connectivity index (χ1v) is 4.67. The standard InChI is InChI=1S/C9H17NO/c1-7-4-9(7)10-5-8-2-3-11-6-8/h7-10H,2-6H2,1H3. The second kappa shape index (κ2) is 3.11. The van der Waals surface area contributed by atoms with E-state index in [0.29, 0.717) is 0 Å². The number of ether oxygens (including phenoxy) is 1. The van der Waals surface area contributed by atoms with Crippen LogP contribution in [0.15, 0.2) is 0 Å². The van der Waals surface area contributed by atoms with E-state index in [-0.39, 0.29) is 0 Å². The maximum Gasteiger partial charge on any atom is 0.0507 e. The molecule has 0 aromatic rings. The van der Waals surface area contributed by atoms with Crippen LogP contribution in [0.2, 0.25) is 0 Å². The largest absolute Gasteiger partial charge is 0.381 e. The van der Waals surface area contributed by atoms with E-state index in [0.717, 1.165) is 31.1 Å². The van der Waals surface area contributed by atoms with E-state index in [4.69, 9.17) is 4.74 Å². The topological polar surface area (TPSA) is 21.3 Å². The molecule has 1 aliphatic heterocycles. The van der Waals surface area contributed by atoms with Crippen LogP contribution in [0.1, 0.15) is 19.8 Å². The van der Waals surface area contributed by atoms with E-state index in [2.05, 4.69) is 12.2 Å². The van der Waals surface area contributed by atoms with Crippen molar-refractivity contribution < 1.29 is 4.74 Å². The molecular formula is C9H17NO. The summed E-state index contributed by atoms with van der Waals surface area (Å²) in [6, 6.07) is 0.829. The Hall–Kier alpha value is -0.0800. The highest BCUT2D eigenvalue weighted by Crippen LogP contribution is 2.29. The molecule has 0 radical (unpaired) electrons. The molecule has 2 rings (SSSR count). The summed E-state index contributed by atoms with van der Waals surface area (Å²) in [4.78, 5) is 0. The van der Waals surface area contributed by atoms with E-state index in [9.17, 15) is 0 Å². The molecule has 2 heteroatoms. The molecule has 1 heterocycles. The van der Waals surface area contributed by atoms with E-state index < -0.39 is 0 Å². The molecule has 0 bridgehead atoms. The van der Waals surface area contributed by atoms with Crippen LogP contribution in [0.3, 0.4) is 0 Å². The number of rotatable bonds is 3. The van der Waals surface area contributed by atoms with Crippen molar-refractivity contribution in [1.82, 2.24) is 5.32 Å². The van der Waals surface area contributed by atoms with Gasteiger partial charge < -0.3 is 10.1 Å². The summed E-state index contributed by atoms with van der Waals surface area (Å²) in [5.41, 5.74) is 0. The van der Waals surface area contributed by atoms with Gasteiger partial charge in [-0.05, 0) is 24.7 Å². The monoisotopic (exact) mass is 155 g/mol. The number of hydrogen-bond donors (Lipinski definition) is 1. The summed E-state index contributed by atoms with van der Waals surface area (Å²) < 4.78 is 5.30. The van der Waals surface area contributed by atoms with Gasteiger partial charge in [-0.1, -0.05) is 6.92 Å². The number of hydrogen-bond acceptors (Lipinski definition) is 2. The lowest BCUT2D eigenvalue weighted by molar-refractivity contribution is 0.185. The Morgan fingerprint density at radius 1 is 1.55 bits per heavy atom. The van der Waals surface area contributed by atoms with Crippen molar-refractivity contribution in [2.45, 2.75) is 25.8 Å². The van der Waals surface area contributed by atoms with Gasteiger partial charge in [-0.3, -0.25) is 0 Å². The van der Waals surface area contributed by atoms with E-state index in [1.807, 2.05) is 0 Å². The minimum absolute atomic E-state index is 0.794. The van der Waals surface area contributed by atoms with Gasteiger partial charge in [0.15, 0.2) is 0 Å². The maximum absolute atomic E-state index is 5.30. The van der Waals surface area contributed by atoms with E-state index in [1.165, 1.54) is 19.4 Å². The van der Waals surface area contributed by atoms with Gasteiger partial charge in [0.1, 0.15) is 0 Å². The Bertz CT molecular complexity index is 132. The predicted molar refractivity (Wildman–Crippen MR) is 44.5 cm³/mol. The van der Waals surface area contributed by atoms with Gasteiger partial charge in [-0.2, -0.15) is 0 Å². The highest BCUT2D eigenvalue weighted by molar-refractivity contribution is 4.90. The van der Waals surface area contributed by atoms with Gasteiger partial charge in [-0.25, -0.2) is 0 Å². The van der Waals surface area contributed by atoms with Crippen LogP contribution in [0, 0.1) is 11.8 Å². The Morgan fingerprint density at radius 2 is 2.36 bits per heavy atom. The van der Waals surface area contributed by atoms with Crippen molar-refractivity contribution in [3.05, 3.63) is 0 Å². The van der Waals surface area contributed by atoms with Crippen LogP contribution in [0.5, 0.6) is 0 Å². The molecule has 2 nitrogen and oxygen atoms in total. The summed E-state index contributed by atoms with van der Waals surface area (Å²) in [7, 11) is 0. The van der Waals surface area contributed by atoms with Crippen LogP contribution in [0.25, 0.3) is 0 Å². The molecule has 1 saturated carbocycles. The van der Waals surface area contributed by atoms with E-state index in [1.54, 1.807) is 0 Å². The molecule has 1 saturated heterocycles. The smallest absolute Gasteiger partial charge is 0.0507 e. The Morgan fingerprint density at radius 3 is 2.91 bits per heavy atom. The van der Waals surface area contributed by atoms with Crippen molar-refractivity contribution >= 4 is 0 Å². The molecule has 11 heavy (non-hydrogen) atoms. The van der Waals surface area contributed by atoms with Crippen molar-refractivity contribution in [3.63, 3.8) is 0 Å². The average molecular weight is 155 g/mol. The molecule has 2 fully saturated rings. The van der Waals surface area contributed by atoms with Crippen molar-refractivity contribution in [2.75, 3.05) is 19.8 Å². The van der Waals surface area contributed by atoms with Crippen LogP contribution in [0.4, 0.5) is 0 Å². The molecule has 0 amide bonds. The fourth-order valence-electron chi connectivity index (χ4n) is 1.67. The Labute approximate surface area is 68.3 Å². The van der Waals surface area contributed by atoms with Gasteiger partial charge in [0.2, 0.25) is 0 Å². The molecule has 0 spiro atoms. The maximum atomic E-state index is 5.30. The zero-order valence-corrected chi connectivity index (χ0v) is 7.18. The Kier molecular flexibility index (Phi) is 2.14. The summed E-state index contributed by atoms with van der Waals surface area (Å²) >= 11 is 0. The lowest BCUT2D eigenvalue weighted by atomic mass is 10.1. The zero-order valence-electron chi connectivity index (χ0n) is 7.18. The van der Waals surface area contributed by atoms with Gasteiger partial charge in [0.05, 0.1) is 6.61 Å². The third kappa shape index (κ3) is 1.94. The molecule has 64 valence electrons. The third-order valence-electron chi connectivity index (χ3n) is 2.80. The molecule has 3 unspecified atom stereocenters. The molecule has 0 aromatic heterocycles. The summed E-state index contributed by atoms with van der Waals surface area (Å²) in [6.45, 7) is 5.44. The minimum atomic E-state index is 0.794. The van der Waals surface area contributed by atoms with Gasteiger partial charge in [-0.15, -0.1) is 0 Å². The summed E-state index contributed by atoms with van der Waals surface area (Å²) in [5, 5.41) is 3.57. The number of nitrogens with one attached hydrogen (secondary N) is 1. The first-order valence-electron chi connectivity index (χ1n) is 4.67. The Balaban J connectivity index is 1.59. The predicted octanol–water partition coefficient (Wildman–Crippen LogP) is 1.02. The normalized spacial score (nSPS) is 42.8. The molecule has 0 aromatic carbocycles. The summed E-state index contributed by atoms with van der Waals surface area (Å²) in [5.74, 6) is 1.72. The van der Waals surface area contributed by atoms with Gasteiger partial charge >= 0.3 is 0 Å². The fraction of sp³-hybridized carbons (Fsp3) is 1.00. The van der Waals surface area contributed by atoms with Crippen LogP contribution in [-0.4, -0.2) is 25.8 Å². The molecule has 2 aliphatic rings. The SMILES string of the molecule is CC1CC1NCC1CCOC1. The first-order chi connectivity index (χ1) is 5.36. The van der Waals surface area contributed by atoms with Crippen LogP contribution in [-0.2, 0) is 4.74 Å². The van der Waals surface area contributed by atoms with Crippen LogP contribution >= 0.6 is 0 Å². The minimum Gasteiger partial charge on any atom is -0.381 e. The molecule has 3 atom stereocenters. The van der Waals surface area contributed by atoms with Crippen molar-refractivity contribution in [3.8, 4) is 0 Å². The van der Waals surface area contributed by atoms with Gasteiger partial charge in [0, 0.05) is 19.2 Å². The average Bonchev–Trinajstić information content (AvgIpc) is 2.55. The molecule has 1 aliphatic carbocycles. The second-order valence-corrected chi connectivity index (χ2v) is 3.96. The highest BCUT2D eigenvalue weighted by atomic mass is 16.5. The zero-order chi connectivity index (χ0) is 7.68. The summed E-state index contributed by atoms with van der Waals surface area (Å²) in [6.07, 6.45) is 2.64. The van der Waals surface area contributed by atoms with Crippen LogP contribution < -0.4 is 5.32 Å². The van der Waals surface area contributed by atoms with E-state index >= 15 is 0 Å². The highest BCUT2D eigenvalue weighted by Gasteiger charge is 2.32. The first kappa shape index (κ1) is 7.56. The fourth-order valence-corrected chi connectivity index (χ4v) is 1.67. The lowest BCUT2D eigenvalue weighted by Gasteiger charge is -2.07. The molecular weight excluding hydrogens is 138 g/mol. The molecule has 1 N–H and O–H groups in total. The van der Waals surface area contributed by atoms with Crippen molar-refractivity contribution in [2.24, 2.45) is 11.8 Å². The second-order valence-electron chi connectivity index (χ2n) is 3.96. The van der Waals surface area contributed by atoms with Gasteiger partial charge in [0.25, 0.3) is 0 Å². The third-order valence-corrected chi connectivity index (χ3v) is 2.80.